The lowest BCUT2D eigenvalue weighted by atomic mass is 9.94. The molecule has 0 aliphatic heterocycles. The van der Waals surface area contributed by atoms with Crippen LogP contribution in [0.2, 0.25) is 5.28 Å². The Bertz CT molecular complexity index is 441. The van der Waals surface area contributed by atoms with Crippen molar-refractivity contribution >= 4 is 17.5 Å². The Hall–Kier alpha value is -1.18. The second kappa shape index (κ2) is 8.31. The van der Waals surface area contributed by atoms with Crippen molar-refractivity contribution in [1.82, 2.24) is 15.0 Å². The van der Waals surface area contributed by atoms with Crippen LogP contribution in [0.5, 0.6) is 6.01 Å². The number of ether oxygens (including phenoxy) is 2. The standard InChI is InChI=1S/C13H22ClN5O2/c1-20-13-18-11(14)17-12(19-13)16-7-2-8-21-10-5-3-9(15)4-6-10/h9-10H,2-8,15H2,1H3,(H,16,17,18,19). The normalized spacial score (nSPS) is 22.0. The number of aromatic nitrogens is 3. The maximum atomic E-state index is 5.87. The van der Waals surface area contributed by atoms with Crippen molar-refractivity contribution in [3.8, 4) is 6.01 Å². The minimum Gasteiger partial charge on any atom is -0.467 e. The molecule has 0 radical (unpaired) electrons. The fourth-order valence-electron chi connectivity index (χ4n) is 2.28. The van der Waals surface area contributed by atoms with Crippen LogP contribution in [0, 0.1) is 0 Å². The Balaban J connectivity index is 1.62. The van der Waals surface area contributed by atoms with E-state index in [4.69, 9.17) is 26.8 Å². The zero-order valence-electron chi connectivity index (χ0n) is 12.2. The van der Waals surface area contributed by atoms with Gasteiger partial charge < -0.3 is 20.5 Å². The largest absolute Gasteiger partial charge is 0.467 e. The molecule has 1 fully saturated rings. The van der Waals surface area contributed by atoms with Crippen LogP contribution in [0.1, 0.15) is 32.1 Å². The molecule has 0 atom stereocenters. The van der Waals surface area contributed by atoms with Crippen molar-refractivity contribution in [2.24, 2.45) is 5.73 Å². The summed E-state index contributed by atoms with van der Waals surface area (Å²) in [6.07, 6.45) is 5.48. The topological polar surface area (TPSA) is 95.2 Å². The van der Waals surface area contributed by atoms with E-state index < -0.39 is 0 Å². The fourth-order valence-corrected chi connectivity index (χ4v) is 2.43. The number of hydrogen-bond acceptors (Lipinski definition) is 7. The minimum atomic E-state index is 0.110. The summed E-state index contributed by atoms with van der Waals surface area (Å²) in [6, 6.07) is 0.558. The summed E-state index contributed by atoms with van der Waals surface area (Å²) in [7, 11) is 1.49. The van der Waals surface area contributed by atoms with Crippen molar-refractivity contribution in [2.45, 2.75) is 44.2 Å². The predicted octanol–water partition coefficient (Wildman–Crippen LogP) is 1.62. The SMILES string of the molecule is COc1nc(Cl)nc(NCCCOC2CCC(N)CC2)n1. The molecule has 1 aromatic heterocycles. The van der Waals surface area contributed by atoms with Gasteiger partial charge >= 0.3 is 6.01 Å². The van der Waals surface area contributed by atoms with E-state index in [1.807, 2.05) is 0 Å². The number of hydrogen-bond donors (Lipinski definition) is 2. The van der Waals surface area contributed by atoms with Gasteiger partial charge in [-0.2, -0.15) is 15.0 Å². The molecule has 3 N–H and O–H groups in total. The molecule has 118 valence electrons. The summed E-state index contributed by atoms with van der Waals surface area (Å²) in [5.41, 5.74) is 5.87. The molecule has 1 saturated carbocycles. The van der Waals surface area contributed by atoms with Gasteiger partial charge in [-0.15, -0.1) is 0 Å². The third-order valence-corrected chi connectivity index (χ3v) is 3.62. The van der Waals surface area contributed by atoms with E-state index >= 15 is 0 Å². The van der Waals surface area contributed by atoms with E-state index in [1.165, 1.54) is 7.11 Å². The molecule has 0 aromatic carbocycles. The van der Waals surface area contributed by atoms with Gasteiger partial charge in [0.05, 0.1) is 13.2 Å². The van der Waals surface area contributed by atoms with Crippen LogP contribution in [-0.2, 0) is 4.74 Å². The van der Waals surface area contributed by atoms with Crippen LogP contribution in [0.4, 0.5) is 5.95 Å². The first-order valence-electron chi connectivity index (χ1n) is 7.24. The molecule has 0 bridgehead atoms. The Labute approximate surface area is 129 Å². The number of nitrogens with zero attached hydrogens (tertiary/aromatic N) is 3. The van der Waals surface area contributed by atoms with E-state index in [-0.39, 0.29) is 11.3 Å². The van der Waals surface area contributed by atoms with Gasteiger partial charge in [-0.25, -0.2) is 0 Å². The highest BCUT2D eigenvalue weighted by Gasteiger charge is 2.18. The van der Waals surface area contributed by atoms with Gasteiger partial charge in [-0.1, -0.05) is 0 Å². The first kappa shape index (κ1) is 16.2. The zero-order chi connectivity index (χ0) is 15.1. The lowest BCUT2D eigenvalue weighted by Gasteiger charge is -2.26. The predicted molar refractivity (Wildman–Crippen MR) is 80.7 cm³/mol. The molecule has 0 unspecified atom stereocenters. The summed E-state index contributed by atoms with van der Waals surface area (Å²) in [6.45, 7) is 1.42. The molecule has 2 rings (SSSR count). The zero-order valence-corrected chi connectivity index (χ0v) is 13.0. The Morgan fingerprint density at radius 2 is 2.00 bits per heavy atom. The number of nitrogens with one attached hydrogen (secondary N) is 1. The van der Waals surface area contributed by atoms with E-state index in [2.05, 4.69) is 20.3 Å². The highest BCUT2D eigenvalue weighted by molar-refractivity contribution is 6.28. The van der Waals surface area contributed by atoms with E-state index in [0.717, 1.165) is 32.1 Å². The van der Waals surface area contributed by atoms with Gasteiger partial charge in [0.15, 0.2) is 0 Å². The second-order valence-corrected chi connectivity index (χ2v) is 5.44. The first-order chi connectivity index (χ1) is 10.2. The van der Waals surface area contributed by atoms with Gasteiger partial charge in [-0.3, -0.25) is 0 Å². The Kier molecular flexibility index (Phi) is 6.41. The molecule has 1 aromatic rings. The Morgan fingerprint density at radius 1 is 1.24 bits per heavy atom. The molecule has 8 heteroatoms. The molecular formula is C13H22ClN5O2. The third-order valence-electron chi connectivity index (χ3n) is 3.45. The average Bonchev–Trinajstić information content (AvgIpc) is 2.48. The molecule has 7 nitrogen and oxygen atoms in total. The van der Waals surface area contributed by atoms with Crippen LogP contribution in [0.15, 0.2) is 0 Å². The average molecular weight is 316 g/mol. The van der Waals surface area contributed by atoms with Crippen LogP contribution in [0.25, 0.3) is 0 Å². The van der Waals surface area contributed by atoms with Crippen LogP contribution >= 0.6 is 11.6 Å². The summed E-state index contributed by atoms with van der Waals surface area (Å²) >= 11 is 5.77. The molecule has 1 aliphatic rings. The summed E-state index contributed by atoms with van der Waals surface area (Å²) in [5, 5.41) is 3.19. The molecule has 1 heterocycles. The molecular weight excluding hydrogens is 294 g/mol. The van der Waals surface area contributed by atoms with Crippen LogP contribution in [-0.4, -0.2) is 47.4 Å². The van der Waals surface area contributed by atoms with Crippen molar-refractivity contribution < 1.29 is 9.47 Å². The van der Waals surface area contributed by atoms with Crippen molar-refractivity contribution in [1.29, 1.82) is 0 Å². The fraction of sp³-hybridized carbons (Fsp3) is 0.769. The molecule has 0 spiro atoms. The second-order valence-electron chi connectivity index (χ2n) is 5.10. The lowest BCUT2D eigenvalue weighted by Crippen LogP contribution is -2.30. The first-order valence-corrected chi connectivity index (χ1v) is 7.62. The summed E-state index contributed by atoms with van der Waals surface area (Å²) < 4.78 is 10.8. The molecule has 0 saturated heterocycles. The Morgan fingerprint density at radius 3 is 2.71 bits per heavy atom. The van der Waals surface area contributed by atoms with E-state index in [1.54, 1.807) is 0 Å². The van der Waals surface area contributed by atoms with Crippen LogP contribution in [0.3, 0.4) is 0 Å². The summed E-state index contributed by atoms with van der Waals surface area (Å²) in [5.74, 6) is 0.412. The molecule has 0 amide bonds. The van der Waals surface area contributed by atoms with E-state index in [9.17, 15) is 0 Å². The number of anilines is 1. The van der Waals surface area contributed by atoms with Crippen molar-refractivity contribution in [2.75, 3.05) is 25.6 Å². The monoisotopic (exact) mass is 315 g/mol. The van der Waals surface area contributed by atoms with E-state index in [0.29, 0.717) is 31.2 Å². The van der Waals surface area contributed by atoms with Gasteiger partial charge in [0.1, 0.15) is 0 Å². The summed E-state index contributed by atoms with van der Waals surface area (Å²) in [4.78, 5) is 11.8. The van der Waals surface area contributed by atoms with Gasteiger partial charge in [0.2, 0.25) is 11.2 Å². The smallest absolute Gasteiger partial charge is 0.322 e. The minimum absolute atomic E-state index is 0.110. The van der Waals surface area contributed by atoms with Gasteiger partial charge in [-0.05, 0) is 43.7 Å². The quantitative estimate of drug-likeness (QED) is 0.738. The maximum Gasteiger partial charge on any atom is 0.322 e. The van der Waals surface area contributed by atoms with Crippen LogP contribution < -0.4 is 15.8 Å². The lowest BCUT2D eigenvalue weighted by molar-refractivity contribution is 0.0251. The number of nitrogens with two attached hydrogens (primary N) is 1. The van der Waals surface area contributed by atoms with Crippen molar-refractivity contribution in [3.63, 3.8) is 0 Å². The molecule has 21 heavy (non-hydrogen) atoms. The maximum absolute atomic E-state index is 5.87. The number of methoxy groups -OCH3 is 1. The highest BCUT2D eigenvalue weighted by Crippen LogP contribution is 2.19. The van der Waals surface area contributed by atoms with Crippen molar-refractivity contribution in [3.05, 3.63) is 5.28 Å². The number of rotatable bonds is 7. The molecule has 1 aliphatic carbocycles. The number of halogens is 1. The van der Waals surface area contributed by atoms with Gasteiger partial charge in [0.25, 0.3) is 0 Å². The third kappa shape index (κ3) is 5.61. The van der Waals surface area contributed by atoms with Gasteiger partial charge in [0, 0.05) is 19.2 Å². The highest BCUT2D eigenvalue weighted by atomic mass is 35.5.